The Balaban J connectivity index is 2.21. The van der Waals surface area contributed by atoms with Crippen molar-refractivity contribution in [2.45, 2.75) is 19.9 Å². The van der Waals surface area contributed by atoms with Gasteiger partial charge in [0.05, 0.1) is 30.0 Å². The van der Waals surface area contributed by atoms with Gasteiger partial charge in [-0.05, 0) is 26.0 Å². The lowest BCUT2D eigenvalue weighted by Gasteiger charge is -2.11. The first kappa shape index (κ1) is 14.0. The second-order valence-electron chi connectivity index (χ2n) is 5.10. The number of rotatable bonds is 3. The fourth-order valence-corrected chi connectivity index (χ4v) is 2.14. The van der Waals surface area contributed by atoms with Crippen LogP contribution in [-0.4, -0.2) is 19.7 Å². The topological polar surface area (TPSA) is 99.8 Å². The molecule has 0 radical (unpaired) electrons. The smallest absolute Gasteiger partial charge is 0.267 e. The molecule has 3 aromatic heterocycles. The van der Waals surface area contributed by atoms with Gasteiger partial charge in [0.15, 0.2) is 0 Å². The van der Waals surface area contributed by atoms with Gasteiger partial charge in [0.25, 0.3) is 5.56 Å². The summed E-state index contributed by atoms with van der Waals surface area (Å²) in [6.45, 7) is 3.79. The van der Waals surface area contributed by atoms with E-state index in [9.17, 15) is 4.79 Å². The molecule has 3 rings (SSSR count). The van der Waals surface area contributed by atoms with E-state index in [4.69, 9.17) is 10.2 Å². The number of anilines is 1. The zero-order valence-electron chi connectivity index (χ0n) is 12.2. The van der Waals surface area contributed by atoms with Gasteiger partial charge in [-0.15, -0.1) is 0 Å². The van der Waals surface area contributed by atoms with Crippen molar-refractivity contribution in [2.75, 3.05) is 5.73 Å². The van der Waals surface area contributed by atoms with Gasteiger partial charge in [-0.2, -0.15) is 5.10 Å². The van der Waals surface area contributed by atoms with E-state index in [0.717, 1.165) is 5.56 Å². The minimum Gasteiger partial charge on any atom is -0.472 e. The van der Waals surface area contributed by atoms with Crippen LogP contribution in [0.3, 0.4) is 0 Å². The molecule has 0 spiro atoms. The SMILES string of the molecule is CC(C)n1nc(-c2cnc(N)nc2-c2ccoc2)ccc1=O. The third-order valence-corrected chi connectivity index (χ3v) is 3.19. The lowest BCUT2D eigenvalue weighted by Crippen LogP contribution is -2.24. The molecule has 0 amide bonds. The van der Waals surface area contributed by atoms with E-state index in [2.05, 4.69) is 15.1 Å². The van der Waals surface area contributed by atoms with Gasteiger partial charge < -0.3 is 10.2 Å². The summed E-state index contributed by atoms with van der Waals surface area (Å²) in [5.41, 5.74) is 8.20. The summed E-state index contributed by atoms with van der Waals surface area (Å²) in [5.74, 6) is 0.164. The van der Waals surface area contributed by atoms with Crippen molar-refractivity contribution in [1.82, 2.24) is 19.7 Å². The quantitative estimate of drug-likeness (QED) is 0.794. The lowest BCUT2D eigenvalue weighted by molar-refractivity contribution is 0.505. The Kier molecular flexibility index (Phi) is 3.46. The molecule has 0 aromatic carbocycles. The summed E-state index contributed by atoms with van der Waals surface area (Å²) in [7, 11) is 0. The molecule has 3 aromatic rings. The van der Waals surface area contributed by atoms with E-state index in [1.165, 1.54) is 10.7 Å². The van der Waals surface area contributed by atoms with Crippen LogP contribution in [0.4, 0.5) is 5.95 Å². The van der Waals surface area contributed by atoms with Crippen LogP contribution in [0.5, 0.6) is 0 Å². The molecule has 0 fully saturated rings. The second-order valence-corrected chi connectivity index (χ2v) is 5.10. The fraction of sp³-hybridized carbons (Fsp3) is 0.200. The maximum atomic E-state index is 11.8. The summed E-state index contributed by atoms with van der Waals surface area (Å²) < 4.78 is 6.53. The molecule has 0 aliphatic heterocycles. The maximum absolute atomic E-state index is 11.8. The zero-order chi connectivity index (χ0) is 15.7. The number of aromatic nitrogens is 4. The number of hydrogen-bond acceptors (Lipinski definition) is 6. The van der Waals surface area contributed by atoms with Crippen molar-refractivity contribution in [3.8, 4) is 22.5 Å². The Morgan fingerprint density at radius 1 is 1.27 bits per heavy atom. The molecule has 0 aliphatic carbocycles. The molecule has 22 heavy (non-hydrogen) atoms. The van der Waals surface area contributed by atoms with Gasteiger partial charge in [-0.1, -0.05) is 0 Å². The maximum Gasteiger partial charge on any atom is 0.267 e. The van der Waals surface area contributed by atoms with Crippen LogP contribution in [0.25, 0.3) is 22.5 Å². The van der Waals surface area contributed by atoms with E-state index < -0.39 is 0 Å². The first-order chi connectivity index (χ1) is 10.6. The highest BCUT2D eigenvalue weighted by Gasteiger charge is 2.14. The predicted octanol–water partition coefficient (Wildman–Crippen LogP) is 2.12. The Hall–Kier alpha value is -2.96. The van der Waals surface area contributed by atoms with Gasteiger partial charge in [-0.25, -0.2) is 14.6 Å². The van der Waals surface area contributed by atoms with Crippen molar-refractivity contribution in [3.63, 3.8) is 0 Å². The number of nitrogens with zero attached hydrogens (tertiary/aromatic N) is 4. The Labute approximate surface area is 126 Å². The van der Waals surface area contributed by atoms with Gasteiger partial charge in [0.1, 0.15) is 0 Å². The largest absolute Gasteiger partial charge is 0.472 e. The van der Waals surface area contributed by atoms with Crippen molar-refractivity contribution in [2.24, 2.45) is 0 Å². The van der Waals surface area contributed by atoms with Crippen molar-refractivity contribution in [1.29, 1.82) is 0 Å². The van der Waals surface area contributed by atoms with Crippen LogP contribution >= 0.6 is 0 Å². The van der Waals surface area contributed by atoms with E-state index in [1.54, 1.807) is 30.9 Å². The van der Waals surface area contributed by atoms with Gasteiger partial charge in [0.2, 0.25) is 5.95 Å². The van der Waals surface area contributed by atoms with E-state index >= 15 is 0 Å². The highest BCUT2D eigenvalue weighted by atomic mass is 16.3. The number of furan rings is 1. The molecule has 0 saturated heterocycles. The summed E-state index contributed by atoms with van der Waals surface area (Å²) in [6.07, 6.45) is 4.73. The molecule has 0 unspecified atom stereocenters. The van der Waals surface area contributed by atoms with Crippen molar-refractivity contribution in [3.05, 3.63) is 47.3 Å². The fourth-order valence-electron chi connectivity index (χ4n) is 2.14. The molecule has 0 saturated carbocycles. The second kappa shape index (κ2) is 5.44. The molecule has 7 nitrogen and oxygen atoms in total. The molecular weight excluding hydrogens is 282 g/mol. The molecule has 0 atom stereocenters. The number of hydrogen-bond donors (Lipinski definition) is 1. The van der Waals surface area contributed by atoms with Crippen LogP contribution < -0.4 is 11.3 Å². The zero-order valence-corrected chi connectivity index (χ0v) is 12.2. The number of nitrogen functional groups attached to an aromatic ring is 1. The highest BCUT2D eigenvalue weighted by molar-refractivity contribution is 5.78. The minimum absolute atomic E-state index is 0.0421. The molecule has 3 heterocycles. The molecule has 7 heteroatoms. The summed E-state index contributed by atoms with van der Waals surface area (Å²) in [6, 6.07) is 4.88. The van der Waals surface area contributed by atoms with Crippen molar-refractivity contribution >= 4 is 5.95 Å². The lowest BCUT2D eigenvalue weighted by atomic mass is 10.1. The van der Waals surface area contributed by atoms with Crippen LogP contribution in [0.15, 0.2) is 46.1 Å². The van der Waals surface area contributed by atoms with Gasteiger partial charge in [0, 0.05) is 23.4 Å². The normalized spacial score (nSPS) is 11.0. The third-order valence-electron chi connectivity index (χ3n) is 3.19. The Morgan fingerprint density at radius 2 is 2.09 bits per heavy atom. The van der Waals surface area contributed by atoms with E-state index in [1.807, 2.05) is 13.8 Å². The van der Waals surface area contributed by atoms with Crippen LogP contribution in [0.2, 0.25) is 0 Å². The molecule has 112 valence electrons. The van der Waals surface area contributed by atoms with Gasteiger partial charge in [-0.3, -0.25) is 4.79 Å². The van der Waals surface area contributed by atoms with Gasteiger partial charge >= 0.3 is 0 Å². The summed E-state index contributed by atoms with van der Waals surface area (Å²) in [5, 5.41) is 4.39. The monoisotopic (exact) mass is 297 g/mol. The minimum atomic E-state index is -0.153. The first-order valence-corrected chi connectivity index (χ1v) is 6.81. The molecule has 0 aliphatic rings. The molecule has 2 N–H and O–H groups in total. The summed E-state index contributed by atoms with van der Waals surface area (Å²) in [4.78, 5) is 20.1. The van der Waals surface area contributed by atoms with E-state index in [-0.39, 0.29) is 17.5 Å². The van der Waals surface area contributed by atoms with Crippen molar-refractivity contribution < 1.29 is 4.42 Å². The first-order valence-electron chi connectivity index (χ1n) is 6.81. The Morgan fingerprint density at radius 3 is 2.77 bits per heavy atom. The number of nitrogens with two attached hydrogens (primary N) is 1. The summed E-state index contributed by atoms with van der Waals surface area (Å²) >= 11 is 0. The molecule has 0 bridgehead atoms. The Bertz CT molecular complexity index is 853. The standard InChI is InChI=1S/C15H15N5O2/c1-9(2)20-13(21)4-3-12(19-20)11-7-17-15(16)18-14(11)10-5-6-22-8-10/h3-9H,1-2H3,(H2,16,17,18). The highest BCUT2D eigenvalue weighted by Crippen LogP contribution is 2.29. The van der Waals surface area contributed by atoms with Crippen LogP contribution in [-0.2, 0) is 0 Å². The third kappa shape index (κ3) is 2.48. The molecular formula is C15H15N5O2. The van der Waals surface area contributed by atoms with E-state index in [0.29, 0.717) is 17.0 Å². The van der Waals surface area contributed by atoms with Crippen LogP contribution in [0, 0.1) is 0 Å². The average Bonchev–Trinajstić information content (AvgIpc) is 3.02. The predicted molar refractivity (Wildman–Crippen MR) is 82.0 cm³/mol. The average molecular weight is 297 g/mol. The van der Waals surface area contributed by atoms with Crippen LogP contribution in [0.1, 0.15) is 19.9 Å².